The third-order valence-corrected chi connectivity index (χ3v) is 3.68. The predicted octanol–water partition coefficient (Wildman–Crippen LogP) is 1.50. The molecule has 0 saturated carbocycles. The van der Waals surface area contributed by atoms with Gasteiger partial charge in [0.05, 0.1) is 12.7 Å². The lowest BCUT2D eigenvalue weighted by atomic mass is 10.1. The topological polar surface area (TPSA) is 41.5 Å². The predicted molar refractivity (Wildman–Crippen MR) is 81.3 cm³/mol. The van der Waals surface area contributed by atoms with E-state index in [2.05, 4.69) is 40.8 Å². The summed E-state index contributed by atoms with van der Waals surface area (Å²) in [4.78, 5) is 13.5. The Balaban J connectivity index is 2.06. The van der Waals surface area contributed by atoms with Crippen molar-refractivity contribution in [2.75, 3.05) is 45.2 Å². The first-order valence-electron chi connectivity index (χ1n) is 7.44. The van der Waals surface area contributed by atoms with Crippen molar-refractivity contribution in [1.82, 2.24) is 14.9 Å². The summed E-state index contributed by atoms with van der Waals surface area (Å²) in [5.41, 5.74) is 1.23. The average Bonchev–Trinajstić information content (AvgIpc) is 2.45. The molecule has 0 unspecified atom stereocenters. The van der Waals surface area contributed by atoms with E-state index >= 15 is 0 Å². The SMILES string of the molecule is CCc1cnc(C)nc1N1CCO[C@@H](CCN(C)C)C1. The quantitative estimate of drug-likeness (QED) is 0.816. The van der Waals surface area contributed by atoms with E-state index in [9.17, 15) is 0 Å². The molecule has 2 rings (SSSR count). The maximum Gasteiger partial charge on any atom is 0.135 e. The van der Waals surface area contributed by atoms with Crippen LogP contribution in [0.25, 0.3) is 0 Å². The van der Waals surface area contributed by atoms with E-state index in [-0.39, 0.29) is 0 Å². The second kappa shape index (κ2) is 6.99. The van der Waals surface area contributed by atoms with Crippen LogP contribution in [-0.2, 0) is 11.2 Å². The summed E-state index contributed by atoms with van der Waals surface area (Å²) in [6, 6.07) is 0. The Morgan fingerprint density at radius 2 is 2.25 bits per heavy atom. The van der Waals surface area contributed by atoms with Crippen molar-refractivity contribution in [1.29, 1.82) is 0 Å². The molecule has 20 heavy (non-hydrogen) atoms. The number of rotatable bonds is 5. The smallest absolute Gasteiger partial charge is 0.135 e. The lowest BCUT2D eigenvalue weighted by Gasteiger charge is -2.35. The van der Waals surface area contributed by atoms with Gasteiger partial charge in [0, 0.05) is 31.4 Å². The zero-order valence-corrected chi connectivity index (χ0v) is 13.1. The molecule has 0 aromatic carbocycles. The van der Waals surface area contributed by atoms with Crippen molar-refractivity contribution in [2.45, 2.75) is 32.8 Å². The Morgan fingerprint density at radius 1 is 1.45 bits per heavy atom. The number of ether oxygens (including phenoxy) is 1. The summed E-state index contributed by atoms with van der Waals surface area (Å²) < 4.78 is 5.87. The minimum atomic E-state index is 0.297. The number of morpholine rings is 1. The van der Waals surface area contributed by atoms with Gasteiger partial charge < -0.3 is 14.5 Å². The minimum Gasteiger partial charge on any atom is -0.374 e. The number of anilines is 1. The van der Waals surface area contributed by atoms with Gasteiger partial charge in [-0.1, -0.05) is 6.92 Å². The van der Waals surface area contributed by atoms with Crippen LogP contribution >= 0.6 is 0 Å². The Labute approximate surface area is 122 Å². The normalized spacial score (nSPS) is 19.6. The summed E-state index contributed by atoms with van der Waals surface area (Å²) in [6.45, 7) is 7.79. The summed E-state index contributed by atoms with van der Waals surface area (Å²) >= 11 is 0. The van der Waals surface area contributed by atoms with E-state index in [1.807, 2.05) is 13.1 Å². The molecule has 5 heteroatoms. The van der Waals surface area contributed by atoms with Crippen molar-refractivity contribution >= 4 is 5.82 Å². The highest BCUT2D eigenvalue weighted by Crippen LogP contribution is 2.21. The molecule has 1 aliphatic rings. The van der Waals surface area contributed by atoms with Gasteiger partial charge in [0.25, 0.3) is 0 Å². The van der Waals surface area contributed by atoms with Crippen LogP contribution in [0.15, 0.2) is 6.20 Å². The van der Waals surface area contributed by atoms with Crippen molar-refractivity contribution in [3.63, 3.8) is 0 Å². The van der Waals surface area contributed by atoms with E-state index in [4.69, 9.17) is 4.74 Å². The number of aryl methyl sites for hydroxylation is 2. The Kier molecular flexibility index (Phi) is 5.31. The first-order chi connectivity index (χ1) is 9.60. The highest BCUT2D eigenvalue weighted by molar-refractivity contribution is 5.46. The third kappa shape index (κ3) is 3.90. The highest BCUT2D eigenvalue weighted by atomic mass is 16.5. The van der Waals surface area contributed by atoms with Gasteiger partial charge in [-0.2, -0.15) is 0 Å². The van der Waals surface area contributed by atoms with Crippen LogP contribution in [0.5, 0.6) is 0 Å². The van der Waals surface area contributed by atoms with E-state index in [0.29, 0.717) is 6.10 Å². The molecule has 1 atom stereocenters. The van der Waals surface area contributed by atoms with Crippen molar-refractivity contribution in [3.8, 4) is 0 Å². The van der Waals surface area contributed by atoms with E-state index in [0.717, 1.165) is 50.7 Å². The second-order valence-electron chi connectivity index (χ2n) is 5.65. The van der Waals surface area contributed by atoms with Gasteiger partial charge in [0.2, 0.25) is 0 Å². The molecule has 0 aliphatic carbocycles. The maximum absolute atomic E-state index is 5.87. The number of aromatic nitrogens is 2. The molecule has 0 spiro atoms. The van der Waals surface area contributed by atoms with Gasteiger partial charge in [-0.3, -0.25) is 0 Å². The monoisotopic (exact) mass is 278 g/mol. The first-order valence-corrected chi connectivity index (χ1v) is 7.44. The fourth-order valence-corrected chi connectivity index (χ4v) is 2.49. The van der Waals surface area contributed by atoms with Crippen molar-refractivity contribution in [2.24, 2.45) is 0 Å². The molecular formula is C15H26N4O. The molecule has 112 valence electrons. The number of hydrogen-bond donors (Lipinski definition) is 0. The van der Waals surface area contributed by atoms with Crippen LogP contribution in [0, 0.1) is 6.92 Å². The fraction of sp³-hybridized carbons (Fsp3) is 0.733. The summed E-state index contributed by atoms with van der Waals surface area (Å²) in [5.74, 6) is 1.94. The van der Waals surface area contributed by atoms with E-state index < -0.39 is 0 Å². The van der Waals surface area contributed by atoms with Crippen LogP contribution in [0.1, 0.15) is 24.7 Å². The van der Waals surface area contributed by atoms with Crippen LogP contribution in [-0.4, -0.2) is 61.3 Å². The molecule has 0 radical (unpaired) electrons. The van der Waals surface area contributed by atoms with Gasteiger partial charge in [-0.05, 0) is 33.9 Å². The van der Waals surface area contributed by atoms with E-state index in [1.165, 1.54) is 5.56 Å². The van der Waals surface area contributed by atoms with Gasteiger partial charge in [-0.25, -0.2) is 9.97 Å². The standard InChI is InChI=1S/C15H26N4O/c1-5-13-10-16-12(2)17-15(13)19-8-9-20-14(11-19)6-7-18(3)4/h10,14H,5-9,11H2,1-4H3/t14-/m0/s1. The maximum atomic E-state index is 5.87. The first kappa shape index (κ1) is 15.2. The van der Waals surface area contributed by atoms with Crippen LogP contribution in [0.3, 0.4) is 0 Å². The summed E-state index contributed by atoms with van der Waals surface area (Å²) in [7, 11) is 4.20. The second-order valence-corrected chi connectivity index (χ2v) is 5.65. The van der Waals surface area contributed by atoms with Gasteiger partial charge in [0.1, 0.15) is 11.6 Å². The highest BCUT2D eigenvalue weighted by Gasteiger charge is 2.23. The van der Waals surface area contributed by atoms with Gasteiger partial charge in [0.15, 0.2) is 0 Å². The Morgan fingerprint density at radius 3 is 2.95 bits per heavy atom. The number of nitrogens with zero attached hydrogens (tertiary/aromatic N) is 4. The van der Waals surface area contributed by atoms with Crippen LogP contribution < -0.4 is 4.90 Å². The molecule has 0 amide bonds. The number of hydrogen-bond acceptors (Lipinski definition) is 5. The molecule has 1 fully saturated rings. The Hall–Kier alpha value is -1.20. The summed E-state index contributed by atoms with van der Waals surface area (Å²) in [5, 5.41) is 0. The minimum absolute atomic E-state index is 0.297. The molecule has 1 saturated heterocycles. The lowest BCUT2D eigenvalue weighted by molar-refractivity contribution is 0.0308. The average molecular weight is 278 g/mol. The van der Waals surface area contributed by atoms with Gasteiger partial charge in [-0.15, -0.1) is 0 Å². The third-order valence-electron chi connectivity index (χ3n) is 3.68. The lowest BCUT2D eigenvalue weighted by Crippen LogP contribution is -2.44. The van der Waals surface area contributed by atoms with Crippen molar-refractivity contribution in [3.05, 3.63) is 17.6 Å². The van der Waals surface area contributed by atoms with E-state index in [1.54, 1.807) is 0 Å². The molecule has 0 N–H and O–H groups in total. The Bertz CT molecular complexity index is 436. The molecule has 1 aliphatic heterocycles. The summed E-state index contributed by atoms with van der Waals surface area (Å²) in [6.07, 6.45) is 4.29. The molecular weight excluding hydrogens is 252 g/mol. The zero-order valence-electron chi connectivity index (χ0n) is 13.1. The molecule has 5 nitrogen and oxygen atoms in total. The largest absolute Gasteiger partial charge is 0.374 e. The van der Waals surface area contributed by atoms with Crippen molar-refractivity contribution < 1.29 is 4.74 Å². The van der Waals surface area contributed by atoms with Gasteiger partial charge >= 0.3 is 0 Å². The molecule has 1 aromatic rings. The van der Waals surface area contributed by atoms with Crippen LogP contribution in [0.4, 0.5) is 5.82 Å². The molecule has 1 aromatic heterocycles. The molecule has 2 heterocycles. The molecule has 0 bridgehead atoms. The van der Waals surface area contributed by atoms with Crippen LogP contribution in [0.2, 0.25) is 0 Å². The fourth-order valence-electron chi connectivity index (χ4n) is 2.49. The zero-order chi connectivity index (χ0) is 14.5.